The highest BCUT2D eigenvalue weighted by Gasteiger charge is 2.31. The van der Waals surface area contributed by atoms with Crippen molar-refractivity contribution < 1.29 is 9.53 Å². The van der Waals surface area contributed by atoms with Crippen LogP contribution >= 0.6 is 15.9 Å². The Morgan fingerprint density at radius 2 is 2.21 bits per heavy atom. The Balaban J connectivity index is 2.04. The Kier molecular flexibility index (Phi) is 2.82. The van der Waals surface area contributed by atoms with Gasteiger partial charge in [-0.3, -0.25) is 14.4 Å². The first-order valence-corrected chi connectivity index (χ1v) is 6.57. The summed E-state index contributed by atoms with van der Waals surface area (Å²) in [6.07, 6.45) is 1.69. The maximum atomic E-state index is 12.5. The number of rotatable bonds is 2. The lowest BCUT2D eigenvalue weighted by Gasteiger charge is -2.16. The largest absolute Gasteiger partial charge is 0.497 e. The summed E-state index contributed by atoms with van der Waals surface area (Å²) < 4.78 is 7.66. The molecular formula is C13H12BrN3O2. The summed E-state index contributed by atoms with van der Waals surface area (Å²) in [5.74, 6) is 1.43. The normalized spacial score (nSPS) is 13.8. The van der Waals surface area contributed by atoms with E-state index in [1.54, 1.807) is 29.0 Å². The summed E-state index contributed by atoms with van der Waals surface area (Å²) in [5, 5.41) is 4.14. The second-order valence-electron chi connectivity index (χ2n) is 4.35. The van der Waals surface area contributed by atoms with E-state index in [0.717, 1.165) is 15.9 Å². The van der Waals surface area contributed by atoms with Crippen LogP contribution in [0.3, 0.4) is 0 Å². The molecule has 1 aliphatic heterocycles. The molecule has 1 aromatic carbocycles. The van der Waals surface area contributed by atoms with Crippen LogP contribution in [0.25, 0.3) is 0 Å². The molecule has 6 heteroatoms. The number of fused-ring (bicyclic) bond motifs is 1. The minimum absolute atomic E-state index is 0.0294. The fraction of sp³-hybridized carbons (Fsp3) is 0.231. The molecule has 1 aromatic heterocycles. The molecule has 0 spiro atoms. The molecule has 0 saturated heterocycles. The van der Waals surface area contributed by atoms with Gasteiger partial charge in [0.05, 0.1) is 24.3 Å². The molecule has 0 saturated carbocycles. The lowest BCUT2D eigenvalue weighted by Crippen LogP contribution is -2.25. The molecule has 0 N–H and O–H groups in total. The summed E-state index contributed by atoms with van der Waals surface area (Å²) in [5.41, 5.74) is 1.69. The van der Waals surface area contributed by atoms with Gasteiger partial charge in [0.2, 0.25) is 0 Å². The van der Waals surface area contributed by atoms with Gasteiger partial charge in [-0.25, -0.2) is 0 Å². The number of hydrogen-bond donors (Lipinski definition) is 0. The summed E-state index contributed by atoms with van der Waals surface area (Å²) in [7, 11) is 3.41. The van der Waals surface area contributed by atoms with Gasteiger partial charge >= 0.3 is 0 Å². The van der Waals surface area contributed by atoms with Crippen LogP contribution in [-0.4, -0.2) is 22.8 Å². The molecule has 98 valence electrons. The van der Waals surface area contributed by atoms with Crippen LogP contribution in [0.2, 0.25) is 0 Å². The van der Waals surface area contributed by atoms with Gasteiger partial charge in [0.1, 0.15) is 11.6 Å². The SMILES string of the molecule is COc1ccc2c(c1)C(=O)N(c1c(Br)cnn1C)C2. The van der Waals surface area contributed by atoms with Gasteiger partial charge in [0.15, 0.2) is 0 Å². The van der Waals surface area contributed by atoms with E-state index in [-0.39, 0.29) is 5.91 Å². The number of ether oxygens (including phenoxy) is 1. The Bertz CT molecular complexity index is 646. The van der Waals surface area contributed by atoms with Gasteiger partial charge in [-0.1, -0.05) is 6.07 Å². The number of carbonyl (C=O) groups excluding carboxylic acids is 1. The highest BCUT2D eigenvalue weighted by molar-refractivity contribution is 9.10. The molecule has 19 heavy (non-hydrogen) atoms. The van der Waals surface area contributed by atoms with E-state index in [1.807, 2.05) is 19.2 Å². The molecular weight excluding hydrogens is 310 g/mol. The zero-order chi connectivity index (χ0) is 13.6. The van der Waals surface area contributed by atoms with E-state index < -0.39 is 0 Å². The van der Waals surface area contributed by atoms with E-state index in [0.29, 0.717) is 17.9 Å². The van der Waals surface area contributed by atoms with Crippen LogP contribution < -0.4 is 9.64 Å². The number of aromatic nitrogens is 2. The third-order valence-electron chi connectivity index (χ3n) is 3.24. The predicted molar refractivity (Wildman–Crippen MR) is 74.4 cm³/mol. The molecule has 2 aromatic rings. The van der Waals surface area contributed by atoms with Gasteiger partial charge in [0.25, 0.3) is 5.91 Å². The second-order valence-corrected chi connectivity index (χ2v) is 5.21. The monoisotopic (exact) mass is 321 g/mol. The van der Waals surface area contributed by atoms with Crippen molar-refractivity contribution in [1.82, 2.24) is 9.78 Å². The van der Waals surface area contributed by atoms with Crippen LogP contribution in [0.4, 0.5) is 5.82 Å². The quantitative estimate of drug-likeness (QED) is 0.853. The Labute approximate surface area is 118 Å². The van der Waals surface area contributed by atoms with Gasteiger partial charge in [-0.2, -0.15) is 5.10 Å². The first-order valence-electron chi connectivity index (χ1n) is 5.78. The first-order chi connectivity index (χ1) is 9.11. The minimum Gasteiger partial charge on any atom is -0.497 e. The second kappa shape index (κ2) is 4.38. The number of nitrogens with zero attached hydrogens (tertiary/aromatic N) is 3. The van der Waals surface area contributed by atoms with E-state index in [1.165, 1.54) is 0 Å². The van der Waals surface area contributed by atoms with E-state index in [2.05, 4.69) is 21.0 Å². The van der Waals surface area contributed by atoms with Crippen molar-refractivity contribution in [2.24, 2.45) is 7.05 Å². The van der Waals surface area contributed by atoms with Crippen LogP contribution in [0.15, 0.2) is 28.9 Å². The fourth-order valence-electron chi connectivity index (χ4n) is 2.29. The first kappa shape index (κ1) is 12.2. The van der Waals surface area contributed by atoms with Crippen molar-refractivity contribution in [3.8, 4) is 5.75 Å². The van der Waals surface area contributed by atoms with Crippen molar-refractivity contribution in [1.29, 1.82) is 0 Å². The number of halogens is 1. The van der Waals surface area contributed by atoms with Crippen molar-refractivity contribution in [3.63, 3.8) is 0 Å². The molecule has 3 rings (SSSR count). The smallest absolute Gasteiger partial charge is 0.260 e. The van der Waals surface area contributed by atoms with Gasteiger partial charge in [-0.15, -0.1) is 0 Å². The third kappa shape index (κ3) is 1.83. The Morgan fingerprint density at radius 3 is 2.84 bits per heavy atom. The number of amides is 1. The van der Waals surface area contributed by atoms with Crippen molar-refractivity contribution in [3.05, 3.63) is 40.0 Å². The zero-order valence-electron chi connectivity index (χ0n) is 10.6. The van der Waals surface area contributed by atoms with E-state index >= 15 is 0 Å². The number of anilines is 1. The minimum atomic E-state index is -0.0294. The molecule has 0 unspecified atom stereocenters. The number of benzene rings is 1. The fourth-order valence-corrected chi connectivity index (χ4v) is 2.85. The summed E-state index contributed by atoms with van der Waals surface area (Å²) in [6, 6.07) is 5.58. The van der Waals surface area contributed by atoms with Gasteiger partial charge < -0.3 is 4.74 Å². The lowest BCUT2D eigenvalue weighted by molar-refractivity contribution is 0.0994. The zero-order valence-corrected chi connectivity index (χ0v) is 12.1. The lowest BCUT2D eigenvalue weighted by atomic mass is 10.1. The highest BCUT2D eigenvalue weighted by atomic mass is 79.9. The molecule has 0 atom stereocenters. The summed E-state index contributed by atoms with van der Waals surface area (Å²) >= 11 is 3.43. The molecule has 0 fully saturated rings. The third-order valence-corrected chi connectivity index (χ3v) is 3.80. The molecule has 2 heterocycles. The van der Waals surface area contributed by atoms with Gasteiger partial charge in [0, 0.05) is 12.6 Å². The summed E-state index contributed by atoms with van der Waals surface area (Å²) in [4.78, 5) is 14.2. The molecule has 0 aliphatic carbocycles. The number of methoxy groups -OCH3 is 1. The van der Waals surface area contributed by atoms with Crippen molar-refractivity contribution in [2.75, 3.05) is 12.0 Å². The topological polar surface area (TPSA) is 47.4 Å². The average molecular weight is 322 g/mol. The maximum absolute atomic E-state index is 12.5. The summed E-state index contributed by atoms with van der Waals surface area (Å²) in [6.45, 7) is 0.552. The van der Waals surface area contributed by atoms with Gasteiger partial charge in [-0.05, 0) is 33.6 Å². The van der Waals surface area contributed by atoms with Crippen LogP contribution in [-0.2, 0) is 13.6 Å². The number of carbonyl (C=O) groups is 1. The van der Waals surface area contributed by atoms with Crippen LogP contribution in [0, 0.1) is 0 Å². The van der Waals surface area contributed by atoms with Crippen LogP contribution in [0.5, 0.6) is 5.75 Å². The molecule has 1 amide bonds. The van der Waals surface area contributed by atoms with Crippen molar-refractivity contribution in [2.45, 2.75) is 6.54 Å². The standard InChI is InChI=1S/C13H12BrN3O2/c1-16-12(11(14)6-15-16)17-7-8-3-4-9(19-2)5-10(8)13(17)18/h3-6H,7H2,1-2H3. The molecule has 0 radical (unpaired) electrons. The average Bonchev–Trinajstić information content (AvgIpc) is 2.90. The Hall–Kier alpha value is -1.82. The predicted octanol–water partition coefficient (Wildman–Crippen LogP) is 2.35. The molecule has 1 aliphatic rings. The molecule has 5 nitrogen and oxygen atoms in total. The van der Waals surface area contributed by atoms with E-state index in [9.17, 15) is 4.79 Å². The maximum Gasteiger partial charge on any atom is 0.260 e. The van der Waals surface area contributed by atoms with E-state index in [4.69, 9.17) is 4.74 Å². The molecule has 0 bridgehead atoms. The van der Waals surface area contributed by atoms with Crippen molar-refractivity contribution >= 4 is 27.7 Å². The number of aryl methyl sites for hydroxylation is 1. The highest BCUT2D eigenvalue weighted by Crippen LogP contribution is 2.34. The van der Waals surface area contributed by atoms with Crippen LogP contribution in [0.1, 0.15) is 15.9 Å². The Morgan fingerprint density at radius 1 is 1.42 bits per heavy atom. The number of hydrogen-bond acceptors (Lipinski definition) is 3.